The fourth-order valence-electron chi connectivity index (χ4n) is 0.987. The average Bonchev–Trinajstić information content (AvgIpc) is 2.24. The molecule has 0 atom stereocenters. The van der Waals surface area contributed by atoms with Gasteiger partial charge in [0.25, 0.3) is 0 Å². The number of hydrogen-bond acceptors (Lipinski definition) is 2. The van der Waals surface area contributed by atoms with Gasteiger partial charge >= 0.3 is 5.97 Å². The quantitative estimate of drug-likeness (QED) is 0.352. The Morgan fingerprint density at radius 2 is 1.69 bits per heavy atom. The van der Waals surface area contributed by atoms with E-state index < -0.39 is 39.8 Å². The van der Waals surface area contributed by atoms with Crippen LogP contribution in [-0.4, -0.2) is 12.6 Å². The van der Waals surface area contributed by atoms with E-state index in [1.54, 1.807) is 0 Å². The van der Waals surface area contributed by atoms with E-state index in [4.69, 9.17) is 11.6 Å². The van der Waals surface area contributed by atoms with Crippen LogP contribution < -0.4 is 0 Å². The van der Waals surface area contributed by atoms with Crippen LogP contribution in [-0.2, 0) is 4.74 Å². The summed E-state index contributed by atoms with van der Waals surface area (Å²) in [5.41, 5.74) is -1.34. The molecule has 0 unspecified atom stereocenters. The molecule has 0 saturated heterocycles. The number of benzene rings is 1. The first-order valence-electron chi connectivity index (χ1n) is 4.10. The van der Waals surface area contributed by atoms with Crippen molar-refractivity contribution in [1.29, 1.82) is 0 Å². The number of carbonyl (C=O) groups is 1. The van der Waals surface area contributed by atoms with Gasteiger partial charge in [-0.25, -0.2) is 22.4 Å². The molecule has 16 heavy (non-hydrogen) atoms. The van der Waals surface area contributed by atoms with Gasteiger partial charge in [0, 0.05) is 0 Å². The topological polar surface area (TPSA) is 26.3 Å². The molecule has 0 N–H and O–H groups in total. The molecule has 1 aromatic rings. The van der Waals surface area contributed by atoms with Crippen LogP contribution in [0.5, 0.6) is 0 Å². The molecule has 2 nitrogen and oxygen atoms in total. The first kappa shape index (κ1) is 12.8. The minimum absolute atomic E-state index is 0.172. The van der Waals surface area contributed by atoms with Crippen molar-refractivity contribution in [3.8, 4) is 0 Å². The molecule has 1 aromatic carbocycles. The van der Waals surface area contributed by atoms with Gasteiger partial charge in [-0.05, 0) is 6.92 Å². The fraction of sp³-hybridized carbons (Fsp3) is 0.222. The number of hydrogen-bond donors (Lipinski definition) is 0. The van der Waals surface area contributed by atoms with Crippen molar-refractivity contribution in [3.05, 3.63) is 33.9 Å². The second-order valence-electron chi connectivity index (χ2n) is 2.67. The SMILES string of the molecule is CCOC(=O)c1c(F)c(F)c(F)c(Cl)c1F. The second kappa shape index (κ2) is 4.69. The zero-order valence-corrected chi connectivity index (χ0v) is 8.67. The maximum atomic E-state index is 13.2. The zero-order chi connectivity index (χ0) is 12.5. The highest BCUT2D eigenvalue weighted by Crippen LogP contribution is 2.28. The van der Waals surface area contributed by atoms with Crippen LogP contribution in [0.25, 0.3) is 0 Å². The average molecular weight is 257 g/mol. The van der Waals surface area contributed by atoms with Gasteiger partial charge < -0.3 is 4.74 Å². The van der Waals surface area contributed by atoms with E-state index in [0.717, 1.165) is 0 Å². The van der Waals surface area contributed by atoms with Gasteiger partial charge in [-0.1, -0.05) is 11.6 Å². The lowest BCUT2D eigenvalue weighted by molar-refractivity contribution is 0.0513. The molecule has 1 rings (SSSR count). The highest BCUT2D eigenvalue weighted by molar-refractivity contribution is 6.31. The predicted molar refractivity (Wildman–Crippen MR) is 47.2 cm³/mol. The second-order valence-corrected chi connectivity index (χ2v) is 3.04. The van der Waals surface area contributed by atoms with Gasteiger partial charge in [0.15, 0.2) is 23.3 Å². The van der Waals surface area contributed by atoms with Gasteiger partial charge in [0.2, 0.25) is 0 Å². The summed E-state index contributed by atoms with van der Waals surface area (Å²) in [6, 6.07) is 0. The molecule has 7 heteroatoms. The number of carbonyl (C=O) groups excluding carboxylic acids is 1. The lowest BCUT2D eigenvalue weighted by Crippen LogP contribution is -2.13. The third kappa shape index (κ3) is 1.97. The Morgan fingerprint density at radius 1 is 1.12 bits per heavy atom. The van der Waals surface area contributed by atoms with E-state index in [9.17, 15) is 22.4 Å². The van der Waals surface area contributed by atoms with Crippen molar-refractivity contribution in [3.63, 3.8) is 0 Å². The zero-order valence-electron chi connectivity index (χ0n) is 7.91. The number of esters is 1. The Morgan fingerprint density at radius 3 is 2.19 bits per heavy atom. The number of halogens is 5. The summed E-state index contributed by atoms with van der Waals surface area (Å²) in [5, 5.41) is -1.29. The molecule has 0 amide bonds. The van der Waals surface area contributed by atoms with Crippen LogP contribution in [0.4, 0.5) is 17.6 Å². The summed E-state index contributed by atoms with van der Waals surface area (Å²) in [5.74, 6) is -8.99. The Balaban J connectivity index is 3.45. The minimum Gasteiger partial charge on any atom is -0.462 e. The molecular weight excluding hydrogens is 252 g/mol. The molecule has 0 heterocycles. The summed E-state index contributed by atoms with van der Waals surface area (Å²) in [6.45, 7) is 1.21. The largest absolute Gasteiger partial charge is 0.462 e. The van der Waals surface area contributed by atoms with Crippen LogP contribution in [0.3, 0.4) is 0 Å². The Labute approximate surface area is 92.8 Å². The van der Waals surface area contributed by atoms with Crippen LogP contribution in [0.15, 0.2) is 0 Å². The van der Waals surface area contributed by atoms with Gasteiger partial charge in [-0.2, -0.15) is 0 Å². The maximum absolute atomic E-state index is 13.2. The molecule has 0 radical (unpaired) electrons. The predicted octanol–water partition coefficient (Wildman–Crippen LogP) is 3.07. The van der Waals surface area contributed by atoms with Crippen LogP contribution >= 0.6 is 11.6 Å². The minimum atomic E-state index is -2.02. The molecule has 0 spiro atoms. The van der Waals surface area contributed by atoms with Crippen LogP contribution in [0.2, 0.25) is 5.02 Å². The summed E-state index contributed by atoms with van der Waals surface area (Å²) < 4.78 is 56.1. The van der Waals surface area contributed by atoms with E-state index in [1.807, 2.05) is 0 Å². The van der Waals surface area contributed by atoms with E-state index in [1.165, 1.54) is 6.92 Å². The first-order chi connectivity index (χ1) is 7.41. The van der Waals surface area contributed by atoms with E-state index in [0.29, 0.717) is 0 Å². The van der Waals surface area contributed by atoms with Crippen molar-refractivity contribution in [2.24, 2.45) is 0 Å². The first-order valence-corrected chi connectivity index (χ1v) is 4.48. The smallest absolute Gasteiger partial charge is 0.344 e. The van der Waals surface area contributed by atoms with Crippen molar-refractivity contribution in [1.82, 2.24) is 0 Å². The van der Waals surface area contributed by atoms with E-state index in [-0.39, 0.29) is 6.61 Å². The lowest BCUT2D eigenvalue weighted by Gasteiger charge is -2.07. The maximum Gasteiger partial charge on any atom is 0.344 e. The highest BCUT2D eigenvalue weighted by Gasteiger charge is 2.29. The summed E-state index contributed by atoms with van der Waals surface area (Å²) in [4.78, 5) is 11.1. The van der Waals surface area contributed by atoms with Gasteiger partial charge in [-0.3, -0.25) is 0 Å². The summed E-state index contributed by atoms with van der Waals surface area (Å²) in [7, 11) is 0. The molecule has 0 aliphatic carbocycles. The Kier molecular flexibility index (Phi) is 3.74. The Hall–Kier alpha value is -1.30. The third-order valence-corrected chi connectivity index (χ3v) is 2.02. The fourth-order valence-corrected chi connectivity index (χ4v) is 1.16. The molecule has 0 fully saturated rings. The number of ether oxygens (including phenoxy) is 1. The van der Waals surface area contributed by atoms with Gasteiger partial charge in [0.1, 0.15) is 10.6 Å². The standard InChI is InChI=1S/C9H5ClF4O2/c1-2-16-9(15)3-5(11)4(10)7(13)8(14)6(3)12/h2H2,1H3. The normalized spacial score (nSPS) is 10.4. The molecule has 88 valence electrons. The van der Waals surface area contributed by atoms with Crippen molar-refractivity contribution in [2.75, 3.05) is 6.61 Å². The summed E-state index contributed by atoms with van der Waals surface area (Å²) in [6.07, 6.45) is 0. The molecule has 0 aliphatic rings. The lowest BCUT2D eigenvalue weighted by atomic mass is 10.2. The van der Waals surface area contributed by atoms with Crippen molar-refractivity contribution >= 4 is 17.6 Å². The summed E-state index contributed by atoms with van der Waals surface area (Å²) >= 11 is 5.04. The molecule has 0 saturated carbocycles. The van der Waals surface area contributed by atoms with Crippen molar-refractivity contribution in [2.45, 2.75) is 6.92 Å². The monoisotopic (exact) mass is 256 g/mol. The van der Waals surface area contributed by atoms with Gasteiger partial charge in [0.05, 0.1) is 6.61 Å². The molecule has 0 bridgehead atoms. The molecular formula is C9H5ClF4O2. The number of rotatable bonds is 2. The highest BCUT2D eigenvalue weighted by atomic mass is 35.5. The molecule has 0 aromatic heterocycles. The van der Waals surface area contributed by atoms with Gasteiger partial charge in [-0.15, -0.1) is 0 Å². The molecule has 0 aliphatic heterocycles. The third-order valence-electron chi connectivity index (χ3n) is 1.69. The van der Waals surface area contributed by atoms with Crippen LogP contribution in [0, 0.1) is 23.3 Å². The van der Waals surface area contributed by atoms with Crippen molar-refractivity contribution < 1.29 is 27.1 Å². The van der Waals surface area contributed by atoms with E-state index >= 15 is 0 Å². The Bertz CT molecular complexity index is 419. The van der Waals surface area contributed by atoms with Crippen LogP contribution in [0.1, 0.15) is 17.3 Å². The van der Waals surface area contributed by atoms with E-state index in [2.05, 4.69) is 4.74 Å².